The van der Waals surface area contributed by atoms with Crippen LogP contribution in [0.15, 0.2) is 59.8 Å². The summed E-state index contributed by atoms with van der Waals surface area (Å²) in [6.45, 7) is 2.38. The van der Waals surface area contributed by atoms with Gasteiger partial charge in [-0.25, -0.2) is 4.57 Å². The van der Waals surface area contributed by atoms with E-state index in [1.54, 1.807) is 24.3 Å². The number of nitrogens with zero attached hydrogens (tertiary/aromatic N) is 1. The number of rotatable bonds is 9. The Morgan fingerprint density at radius 2 is 1.75 bits per heavy atom. The SMILES string of the molecule is C[C@H](NC(=O)c1ccccc1SC(=O)CCCC[n+]1ccccc1)C(N)=O.[Br-]. The van der Waals surface area contributed by atoms with Crippen LogP contribution in [-0.4, -0.2) is 23.0 Å². The van der Waals surface area contributed by atoms with Crippen LogP contribution in [0, 0.1) is 0 Å². The molecule has 0 saturated carbocycles. The van der Waals surface area contributed by atoms with E-state index in [-0.39, 0.29) is 22.1 Å². The number of thioether (sulfide) groups is 1. The van der Waals surface area contributed by atoms with E-state index in [1.165, 1.54) is 6.92 Å². The van der Waals surface area contributed by atoms with E-state index in [4.69, 9.17) is 5.73 Å². The number of pyridine rings is 1. The molecule has 28 heavy (non-hydrogen) atoms. The van der Waals surface area contributed by atoms with E-state index in [0.29, 0.717) is 16.9 Å². The van der Waals surface area contributed by atoms with Crippen molar-refractivity contribution in [2.45, 2.75) is 43.7 Å². The fraction of sp³-hybridized carbons (Fsp3) is 0.300. The van der Waals surface area contributed by atoms with Crippen molar-refractivity contribution in [1.82, 2.24) is 5.32 Å². The maximum absolute atomic E-state index is 12.3. The minimum absolute atomic E-state index is 0. The van der Waals surface area contributed by atoms with Gasteiger partial charge < -0.3 is 28.0 Å². The Morgan fingerprint density at radius 1 is 1.07 bits per heavy atom. The molecule has 0 aliphatic rings. The van der Waals surface area contributed by atoms with Gasteiger partial charge in [0.25, 0.3) is 5.91 Å². The number of carbonyl (C=O) groups is 3. The van der Waals surface area contributed by atoms with Crippen molar-refractivity contribution in [3.05, 3.63) is 60.4 Å². The van der Waals surface area contributed by atoms with Crippen molar-refractivity contribution >= 4 is 28.7 Å². The largest absolute Gasteiger partial charge is 1.00 e. The van der Waals surface area contributed by atoms with Crippen LogP contribution in [0.1, 0.15) is 36.5 Å². The van der Waals surface area contributed by atoms with Gasteiger partial charge in [-0.2, -0.15) is 0 Å². The van der Waals surface area contributed by atoms with Gasteiger partial charge in [0.2, 0.25) is 5.91 Å². The van der Waals surface area contributed by atoms with Crippen LogP contribution in [0.5, 0.6) is 0 Å². The van der Waals surface area contributed by atoms with Crippen molar-refractivity contribution in [3.63, 3.8) is 0 Å². The topological polar surface area (TPSA) is 93.1 Å². The van der Waals surface area contributed by atoms with E-state index in [9.17, 15) is 14.4 Å². The molecule has 0 aliphatic carbocycles. The van der Waals surface area contributed by atoms with Gasteiger partial charge >= 0.3 is 0 Å². The molecule has 1 heterocycles. The minimum Gasteiger partial charge on any atom is -1.00 e. The molecule has 0 fully saturated rings. The van der Waals surface area contributed by atoms with Crippen LogP contribution in [0.4, 0.5) is 0 Å². The number of halogens is 1. The zero-order valence-corrected chi connectivity index (χ0v) is 18.0. The zero-order chi connectivity index (χ0) is 19.6. The second-order valence-corrected chi connectivity index (χ2v) is 7.24. The van der Waals surface area contributed by atoms with Crippen LogP contribution in [-0.2, 0) is 16.1 Å². The molecule has 1 aromatic heterocycles. The highest BCUT2D eigenvalue weighted by Gasteiger charge is 2.18. The first-order valence-electron chi connectivity index (χ1n) is 8.81. The second kappa shape index (κ2) is 12.3. The Kier molecular flexibility index (Phi) is 10.5. The van der Waals surface area contributed by atoms with Gasteiger partial charge in [-0.15, -0.1) is 0 Å². The van der Waals surface area contributed by atoms with Crippen molar-refractivity contribution in [1.29, 1.82) is 0 Å². The Bertz CT molecular complexity index is 802. The molecule has 0 saturated heterocycles. The summed E-state index contributed by atoms with van der Waals surface area (Å²) in [6.07, 6.45) is 6.11. The van der Waals surface area contributed by atoms with Gasteiger partial charge in [-0.3, -0.25) is 14.4 Å². The van der Waals surface area contributed by atoms with Crippen molar-refractivity contribution < 1.29 is 35.9 Å². The van der Waals surface area contributed by atoms with Crippen LogP contribution in [0.2, 0.25) is 0 Å². The number of hydrogen-bond donors (Lipinski definition) is 2. The van der Waals surface area contributed by atoms with Crippen LogP contribution >= 0.6 is 11.8 Å². The van der Waals surface area contributed by atoms with Gasteiger partial charge in [-0.1, -0.05) is 30.0 Å². The van der Waals surface area contributed by atoms with Crippen molar-refractivity contribution in [3.8, 4) is 0 Å². The van der Waals surface area contributed by atoms with Crippen LogP contribution < -0.4 is 32.6 Å². The highest BCUT2D eigenvalue weighted by molar-refractivity contribution is 8.13. The maximum atomic E-state index is 12.3. The molecule has 2 rings (SSSR count). The van der Waals surface area contributed by atoms with Gasteiger partial charge in [0.15, 0.2) is 17.5 Å². The van der Waals surface area contributed by atoms with Gasteiger partial charge in [0.05, 0.1) is 5.56 Å². The number of aryl methyl sites for hydroxylation is 1. The van der Waals surface area contributed by atoms with Crippen LogP contribution in [0.3, 0.4) is 0 Å². The van der Waals surface area contributed by atoms with E-state index in [1.807, 2.05) is 30.6 Å². The number of aromatic nitrogens is 1. The molecule has 1 aromatic carbocycles. The van der Waals surface area contributed by atoms with Gasteiger partial charge in [0.1, 0.15) is 12.6 Å². The molecular formula is C20H24BrN3O3S. The summed E-state index contributed by atoms with van der Waals surface area (Å²) in [6, 6.07) is 12.0. The Balaban J connectivity index is 0.00000392. The molecule has 2 amide bonds. The highest BCUT2D eigenvalue weighted by Crippen LogP contribution is 2.25. The zero-order valence-electron chi connectivity index (χ0n) is 15.6. The number of nitrogens with two attached hydrogens (primary N) is 1. The van der Waals surface area contributed by atoms with Gasteiger partial charge in [0, 0.05) is 29.9 Å². The van der Waals surface area contributed by atoms with Gasteiger partial charge in [-0.05, 0) is 25.5 Å². The number of amides is 2. The molecule has 8 heteroatoms. The summed E-state index contributed by atoms with van der Waals surface area (Å²) in [7, 11) is 0. The lowest BCUT2D eigenvalue weighted by Crippen LogP contribution is -3.00. The molecule has 0 aliphatic heterocycles. The first-order chi connectivity index (χ1) is 13.0. The van der Waals surface area contributed by atoms with E-state index < -0.39 is 17.9 Å². The normalized spacial score (nSPS) is 11.2. The molecule has 0 spiro atoms. The van der Waals surface area contributed by atoms with E-state index >= 15 is 0 Å². The Labute approximate surface area is 179 Å². The molecular weight excluding hydrogens is 442 g/mol. The second-order valence-electron chi connectivity index (χ2n) is 6.14. The monoisotopic (exact) mass is 465 g/mol. The quantitative estimate of drug-likeness (QED) is 0.284. The molecule has 3 N–H and O–H groups in total. The first kappa shape index (κ1) is 23.8. The molecule has 0 unspecified atom stereocenters. The Morgan fingerprint density at radius 3 is 2.43 bits per heavy atom. The third-order valence-electron chi connectivity index (χ3n) is 3.95. The fourth-order valence-electron chi connectivity index (χ4n) is 2.41. The fourth-order valence-corrected chi connectivity index (χ4v) is 3.32. The number of hydrogen-bond acceptors (Lipinski definition) is 4. The lowest BCUT2D eigenvalue weighted by Gasteiger charge is -2.12. The standard InChI is InChI=1S/C20H23N3O3S.BrH/c1-15(19(21)25)22-20(26)16-9-3-4-10-17(16)27-18(24)11-5-8-14-23-12-6-2-7-13-23;/h2-4,6-7,9-10,12-13,15H,5,8,11,14H2,1H3,(H2-,21,22,25,26);1H/t15-;/m0./s1. The summed E-state index contributed by atoms with van der Waals surface area (Å²) in [5.41, 5.74) is 5.54. The summed E-state index contributed by atoms with van der Waals surface area (Å²) >= 11 is 1.06. The predicted octanol–water partition coefficient (Wildman–Crippen LogP) is -0.929. The smallest absolute Gasteiger partial charge is 0.253 e. The lowest BCUT2D eigenvalue weighted by molar-refractivity contribution is -0.697. The van der Waals surface area contributed by atoms with E-state index in [2.05, 4.69) is 9.88 Å². The Hall–Kier alpha value is -2.19. The highest BCUT2D eigenvalue weighted by atomic mass is 79.9. The maximum Gasteiger partial charge on any atom is 0.253 e. The van der Waals surface area contributed by atoms with Crippen molar-refractivity contribution in [2.75, 3.05) is 0 Å². The first-order valence-corrected chi connectivity index (χ1v) is 9.63. The summed E-state index contributed by atoms with van der Waals surface area (Å²) in [4.78, 5) is 36.3. The third-order valence-corrected chi connectivity index (χ3v) is 4.96. The molecule has 6 nitrogen and oxygen atoms in total. The predicted molar refractivity (Wildman–Crippen MR) is 104 cm³/mol. The number of unbranched alkanes of at least 4 members (excludes halogenated alkanes) is 1. The molecule has 2 aromatic rings. The molecule has 150 valence electrons. The lowest BCUT2D eigenvalue weighted by atomic mass is 10.2. The molecule has 0 radical (unpaired) electrons. The third kappa shape index (κ3) is 7.82. The number of nitrogens with one attached hydrogen (secondary N) is 1. The average molecular weight is 466 g/mol. The minimum atomic E-state index is -0.776. The van der Waals surface area contributed by atoms with Crippen molar-refractivity contribution in [2.24, 2.45) is 5.73 Å². The number of primary amides is 1. The molecule has 1 atom stereocenters. The summed E-state index contributed by atoms with van der Waals surface area (Å²) in [5, 5.41) is 2.55. The number of carbonyl (C=O) groups excluding carboxylic acids is 3. The number of benzene rings is 1. The van der Waals surface area contributed by atoms with Crippen LogP contribution in [0.25, 0.3) is 0 Å². The average Bonchev–Trinajstić information content (AvgIpc) is 2.66. The summed E-state index contributed by atoms with van der Waals surface area (Å²) in [5.74, 6) is -1.03. The van der Waals surface area contributed by atoms with E-state index in [0.717, 1.165) is 31.1 Å². The summed E-state index contributed by atoms with van der Waals surface area (Å²) < 4.78 is 2.08. The molecule has 0 bridgehead atoms.